The molecule has 1 rings (SSSR count). The monoisotopic (exact) mass is 289 g/mol. The van der Waals surface area contributed by atoms with Crippen LogP contribution in [0.2, 0.25) is 0 Å². The molecule has 0 atom stereocenters. The lowest BCUT2D eigenvalue weighted by molar-refractivity contribution is -0.117. The number of ether oxygens (including phenoxy) is 1. The van der Waals surface area contributed by atoms with Gasteiger partial charge >= 0.3 is 0 Å². The molecule has 6 nitrogen and oxygen atoms in total. The van der Waals surface area contributed by atoms with Crippen LogP contribution in [-0.2, 0) is 9.53 Å². The lowest BCUT2D eigenvalue weighted by atomic mass is 10.1. The summed E-state index contributed by atoms with van der Waals surface area (Å²) in [5, 5.41) is 3.45. The molecule has 112 valence electrons. The van der Waals surface area contributed by atoms with Gasteiger partial charge in [0.05, 0.1) is 0 Å². The number of rotatable bonds is 10. The van der Waals surface area contributed by atoms with Crippen LogP contribution in [0.5, 0.6) is 0 Å². The van der Waals surface area contributed by atoms with Crippen molar-refractivity contribution in [1.29, 1.82) is 0 Å². The summed E-state index contributed by atoms with van der Waals surface area (Å²) in [6.45, 7) is 2.63. The topological polar surface area (TPSA) is 92.1 Å². The Morgan fingerprint density at radius 2 is 1.76 bits per heavy atom. The Balaban J connectivity index is 2.21. The van der Waals surface area contributed by atoms with Crippen LogP contribution in [0.15, 0.2) is 29.4 Å². The molecule has 0 bridgehead atoms. The lowest BCUT2D eigenvalue weighted by Gasteiger charge is -2.04. The van der Waals surface area contributed by atoms with E-state index in [-0.39, 0.29) is 11.6 Å². The van der Waals surface area contributed by atoms with Gasteiger partial charge in [-0.15, -0.1) is 0 Å². The molecular weight excluding hydrogens is 270 g/mol. The molecule has 0 aliphatic heterocycles. The fraction of sp³-hybridized carbons (Fsp3) is 0.467. The van der Waals surface area contributed by atoms with E-state index in [0.717, 1.165) is 6.42 Å². The Morgan fingerprint density at radius 1 is 1.14 bits per heavy atom. The van der Waals surface area contributed by atoms with E-state index >= 15 is 0 Å². The largest absolute Gasteiger partial charge is 0.381 e. The number of benzene rings is 1. The van der Waals surface area contributed by atoms with Gasteiger partial charge < -0.3 is 9.53 Å². The van der Waals surface area contributed by atoms with Crippen molar-refractivity contribution in [2.24, 2.45) is 5.11 Å². The molecule has 0 amide bonds. The Hall–Kier alpha value is -2.17. The van der Waals surface area contributed by atoms with Crippen LogP contribution in [0, 0.1) is 0 Å². The van der Waals surface area contributed by atoms with Crippen molar-refractivity contribution in [3.8, 4) is 0 Å². The van der Waals surface area contributed by atoms with Gasteiger partial charge in [0.2, 0.25) is 0 Å². The summed E-state index contributed by atoms with van der Waals surface area (Å²) in [6.07, 6.45) is 2.32. The van der Waals surface area contributed by atoms with Crippen molar-refractivity contribution < 1.29 is 14.3 Å². The molecule has 0 aliphatic carbocycles. The summed E-state index contributed by atoms with van der Waals surface area (Å²) in [7, 11) is 0. The van der Waals surface area contributed by atoms with Crippen molar-refractivity contribution >= 4 is 17.3 Å². The molecule has 0 N–H and O–H groups in total. The zero-order chi connectivity index (χ0) is 15.5. The minimum absolute atomic E-state index is 0.0369. The Morgan fingerprint density at radius 3 is 2.33 bits per heavy atom. The molecule has 0 saturated heterocycles. The molecule has 0 spiro atoms. The van der Waals surface area contributed by atoms with Crippen LogP contribution in [-0.4, -0.2) is 24.8 Å². The highest BCUT2D eigenvalue weighted by molar-refractivity contribution is 5.96. The highest BCUT2D eigenvalue weighted by Gasteiger charge is 2.05. The van der Waals surface area contributed by atoms with Crippen molar-refractivity contribution in [1.82, 2.24) is 0 Å². The Kier molecular flexibility index (Phi) is 7.79. The first-order valence-corrected chi connectivity index (χ1v) is 6.89. The maximum absolute atomic E-state index is 11.9. The molecule has 0 heterocycles. The van der Waals surface area contributed by atoms with Gasteiger partial charge in [0.25, 0.3) is 0 Å². The van der Waals surface area contributed by atoms with Gasteiger partial charge in [0, 0.05) is 42.2 Å². The number of carbonyl (C=O) groups is 2. The van der Waals surface area contributed by atoms with Crippen molar-refractivity contribution in [2.75, 3.05) is 13.2 Å². The molecule has 0 fully saturated rings. The second kappa shape index (κ2) is 9.69. The summed E-state index contributed by atoms with van der Waals surface area (Å²) in [4.78, 5) is 25.3. The van der Waals surface area contributed by atoms with Gasteiger partial charge in [-0.25, -0.2) is 0 Å². The van der Waals surface area contributed by atoms with E-state index in [1.54, 1.807) is 31.2 Å². The van der Waals surface area contributed by atoms with Gasteiger partial charge in [-0.3, -0.25) is 4.79 Å². The third-order valence-corrected chi connectivity index (χ3v) is 2.86. The van der Waals surface area contributed by atoms with E-state index in [2.05, 4.69) is 10.0 Å². The van der Waals surface area contributed by atoms with Crippen LogP contribution in [0.4, 0.5) is 5.69 Å². The Labute approximate surface area is 123 Å². The second-order valence-corrected chi connectivity index (χ2v) is 4.68. The van der Waals surface area contributed by atoms with Crippen molar-refractivity contribution in [3.05, 3.63) is 40.3 Å². The quantitative estimate of drug-likeness (QED) is 0.214. The SMILES string of the molecule is CC(=O)CCCOCCCC(=O)c1ccc(N=[N+]=[N-])cc1. The van der Waals surface area contributed by atoms with E-state index in [4.69, 9.17) is 10.3 Å². The minimum atomic E-state index is 0.0369. The third-order valence-electron chi connectivity index (χ3n) is 2.86. The van der Waals surface area contributed by atoms with Crippen LogP contribution in [0.1, 0.15) is 43.0 Å². The zero-order valence-electron chi connectivity index (χ0n) is 12.1. The molecule has 1 aromatic carbocycles. The molecule has 0 aliphatic rings. The molecule has 0 unspecified atom stereocenters. The fourth-order valence-electron chi connectivity index (χ4n) is 1.77. The first-order valence-electron chi connectivity index (χ1n) is 6.89. The number of nitrogens with zero attached hydrogens (tertiary/aromatic N) is 3. The van der Waals surface area contributed by atoms with Gasteiger partial charge in [-0.1, -0.05) is 29.4 Å². The smallest absolute Gasteiger partial charge is 0.162 e. The maximum atomic E-state index is 11.9. The molecule has 1 aromatic rings. The van der Waals surface area contributed by atoms with E-state index in [0.29, 0.717) is 43.7 Å². The number of carbonyl (C=O) groups excluding carboxylic acids is 2. The van der Waals surface area contributed by atoms with E-state index in [1.807, 2.05) is 0 Å². The molecule has 0 radical (unpaired) electrons. The molecule has 21 heavy (non-hydrogen) atoms. The van der Waals surface area contributed by atoms with Gasteiger partial charge in [0.1, 0.15) is 5.78 Å². The number of azide groups is 1. The second-order valence-electron chi connectivity index (χ2n) is 4.68. The normalized spacial score (nSPS) is 9.95. The number of Topliss-reactive ketones (excluding diaryl/α,β-unsaturated/α-hetero) is 2. The molecule has 0 aromatic heterocycles. The van der Waals surface area contributed by atoms with E-state index in [1.165, 1.54) is 0 Å². The highest BCUT2D eigenvalue weighted by atomic mass is 16.5. The minimum Gasteiger partial charge on any atom is -0.381 e. The fourth-order valence-corrected chi connectivity index (χ4v) is 1.77. The first-order chi connectivity index (χ1) is 10.1. The molecule has 6 heteroatoms. The van der Waals surface area contributed by atoms with Gasteiger partial charge in [-0.05, 0) is 25.3 Å². The van der Waals surface area contributed by atoms with Crippen LogP contribution in [0.3, 0.4) is 0 Å². The predicted molar refractivity (Wildman–Crippen MR) is 79.5 cm³/mol. The van der Waals surface area contributed by atoms with Crippen LogP contribution >= 0.6 is 0 Å². The Bertz CT molecular complexity index is 519. The third kappa shape index (κ3) is 7.25. The van der Waals surface area contributed by atoms with Crippen LogP contribution < -0.4 is 0 Å². The average Bonchev–Trinajstić information content (AvgIpc) is 2.47. The van der Waals surface area contributed by atoms with Crippen molar-refractivity contribution in [2.45, 2.75) is 32.6 Å². The number of hydrogen-bond acceptors (Lipinski definition) is 4. The highest BCUT2D eigenvalue weighted by Crippen LogP contribution is 2.14. The first kappa shape index (κ1) is 16.9. The van der Waals surface area contributed by atoms with Crippen LogP contribution in [0.25, 0.3) is 10.4 Å². The predicted octanol–water partition coefficient (Wildman–Crippen LogP) is 3.98. The zero-order valence-corrected chi connectivity index (χ0v) is 12.1. The molecular formula is C15H19N3O3. The molecule has 0 saturated carbocycles. The van der Waals surface area contributed by atoms with Gasteiger partial charge in [-0.2, -0.15) is 0 Å². The standard InChI is InChI=1S/C15H19N3O3/c1-12(19)4-2-10-21-11-3-5-15(20)13-6-8-14(9-7-13)17-18-16/h6-9H,2-5,10-11H2,1H3. The van der Waals surface area contributed by atoms with E-state index in [9.17, 15) is 9.59 Å². The lowest BCUT2D eigenvalue weighted by Crippen LogP contribution is -2.03. The number of hydrogen-bond donors (Lipinski definition) is 0. The summed E-state index contributed by atoms with van der Waals surface area (Å²) >= 11 is 0. The summed E-state index contributed by atoms with van der Waals surface area (Å²) in [5.74, 6) is 0.202. The summed E-state index contributed by atoms with van der Waals surface area (Å²) in [5.41, 5.74) is 9.38. The number of ketones is 2. The average molecular weight is 289 g/mol. The summed E-state index contributed by atoms with van der Waals surface area (Å²) in [6, 6.07) is 6.54. The maximum Gasteiger partial charge on any atom is 0.162 e. The van der Waals surface area contributed by atoms with E-state index < -0.39 is 0 Å². The van der Waals surface area contributed by atoms with Gasteiger partial charge in [0.15, 0.2) is 5.78 Å². The summed E-state index contributed by atoms with van der Waals surface area (Å²) < 4.78 is 5.36. The van der Waals surface area contributed by atoms with Crippen molar-refractivity contribution in [3.63, 3.8) is 0 Å².